The minimum Gasteiger partial charge on any atom is -0.325 e. The molecule has 0 aliphatic rings. The molecule has 0 saturated carbocycles. The second-order valence-electron chi connectivity index (χ2n) is 5.12. The Bertz CT molecular complexity index is 851. The highest BCUT2D eigenvalue weighted by Gasteiger charge is 2.11. The van der Waals surface area contributed by atoms with Crippen LogP contribution in [0.1, 0.15) is 5.56 Å². The topological polar surface area (TPSA) is 59.8 Å². The first-order valence-corrected chi connectivity index (χ1v) is 9.34. The van der Waals surface area contributed by atoms with Gasteiger partial charge < -0.3 is 5.32 Å². The van der Waals surface area contributed by atoms with Gasteiger partial charge in [0.2, 0.25) is 5.91 Å². The number of carbonyl (C=O) groups is 1. The van der Waals surface area contributed by atoms with Gasteiger partial charge in [0.25, 0.3) is 0 Å². The van der Waals surface area contributed by atoms with Crippen LogP contribution in [0, 0.1) is 10.5 Å². The summed E-state index contributed by atoms with van der Waals surface area (Å²) in [5, 5.41) is 11.7. The van der Waals surface area contributed by atoms with Gasteiger partial charge in [-0.15, -0.1) is 10.2 Å². The molecule has 1 N–H and O–H groups in total. The molecule has 5 nitrogen and oxygen atoms in total. The first-order chi connectivity index (χ1) is 11.6. The van der Waals surface area contributed by atoms with Crippen LogP contribution in [-0.4, -0.2) is 26.4 Å². The summed E-state index contributed by atoms with van der Waals surface area (Å²) in [4.78, 5) is 12.2. The number of thioether (sulfide) groups is 1. The first-order valence-electron chi connectivity index (χ1n) is 7.28. The van der Waals surface area contributed by atoms with Crippen LogP contribution in [0.5, 0.6) is 0 Å². The number of carbonyl (C=O) groups excluding carboxylic acids is 1. The van der Waals surface area contributed by atoms with Gasteiger partial charge in [0, 0.05) is 14.9 Å². The third-order valence-corrected chi connectivity index (χ3v) is 4.96. The largest absolute Gasteiger partial charge is 0.325 e. The Morgan fingerprint density at radius 2 is 2.04 bits per heavy atom. The number of amides is 1. The number of nitrogens with zero attached hydrogens (tertiary/aromatic N) is 3. The van der Waals surface area contributed by atoms with Gasteiger partial charge in [0.05, 0.1) is 5.75 Å². The number of aromatic nitrogens is 3. The molecule has 0 spiro atoms. The maximum absolute atomic E-state index is 12.2. The van der Waals surface area contributed by atoms with Crippen molar-refractivity contribution >= 4 is 45.9 Å². The van der Waals surface area contributed by atoms with E-state index < -0.39 is 0 Å². The van der Waals surface area contributed by atoms with Crippen molar-refractivity contribution in [1.82, 2.24) is 14.8 Å². The Morgan fingerprint density at radius 1 is 1.25 bits per heavy atom. The van der Waals surface area contributed by atoms with Crippen molar-refractivity contribution in [3.63, 3.8) is 0 Å². The summed E-state index contributed by atoms with van der Waals surface area (Å²) in [6, 6.07) is 15.7. The molecule has 2 aromatic carbocycles. The lowest BCUT2D eigenvalue weighted by Crippen LogP contribution is -2.15. The van der Waals surface area contributed by atoms with Gasteiger partial charge in [-0.2, -0.15) is 0 Å². The molecule has 0 aliphatic heterocycles. The fourth-order valence-electron chi connectivity index (χ4n) is 2.17. The zero-order chi connectivity index (χ0) is 16.9. The van der Waals surface area contributed by atoms with Gasteiger partial charge in [0.15, 0.2) is 5.16 Å². The fourth-order valence-corrected chi connectivity index (χ4v) is 3.55. The summed E-state index contributed by atoms with van der Waals surface area (Å²) >= 11 is 3.61. The molecule has 0 fully saturated rings. The van der Waals surface area contributed by atoms with Crippen LogP contribution < -0.4 is 5.32 Å². The maximum Gasteiger partial charge on any atom is 0.234 e. The Hall–Kier alpha value is -1.87. The minimum atomic E-state index is -0.0630. The normalized spacial score (nSPS) is 10.6. The van der Waals surface area contributed by atoms with Gasteiger partial charge >= 0.3 is 0 Å². The molecular weight excluding hydrogens is 435 g/mol. The number of para-hydroxylation sites is 1. The number of aryl methyl sites for hydroxylation is 1. The van der Waals surface area contributed by atoms with Crippen LogP contribution in [0.2, 0.25) is 0 Å². The maximum atomic E-state index is 12.2. The summed E-state index contributed by atoms with van der Waals surface area (Å²) in [6.45, 7) is 1.98. The lowest BCUT2D eigenvalue weighted by atomic mass is 10.2. The van der Waals surface area contributed by atoms with E-state index in [9.17, 15) is 4.79 Å². The standard InChI is InChI=1S/C17H15IN4OS/c1-12-9-13(18)7-8-15(12)20-16(23)10-24-17-21-19-11-22(17)14-5-3-2-4-6-14/h2-9,11H,10H2,1H3,(H,20,23). The summed E-state index contributed by atoms with van der Waals surface area (Å²) < 4.78 is 3.02. The molecule has 0 saturated heterocycles. The smallest absolute Gasteiger partial charge is 0.234 e. The number of hydrogen-bond acceptors (Lipinski definition) is 4. The van der Waals surface area contributed by atoms with Crippen molar-refractivity contribution in [2.45, 2.75) is 12.1 Å². The lowest BCUT2D eigenvalue weighted by molar-refractivity contribution is -0.113. The van der Waals surface area contributed by atoms with E-state index in [0.717, 1.165) is 20.5 Å². The van der Waals surface area contributed by atoms with E-state index in [4.69, 9.17) is 0 Å². The number of nitrogens with one attached hydrogen (secondary N) is 1. The van der Waals surface area contributed by atoms with Crippen molar-refractivity contribution < 1.29 is 4.79 Å². The zero-order valence-corrected chi connectivity index (χ0v) is 15.9. The molecule has 1 heterocycles. The van der Waals surface area contributed by atoms with Crippen LogP contribution in [-0.2, 0) is 4.79 Å². The molecule has 0 atom stereocenters. The summed E-state index contributed by atoms with van der Waals surface area (Å²) in [5.41, 5.74) is 2.86. The predicted molar refractivity (Wildman–Crippen MR) is 105 cm³/mol. The summed E-state index contributed by atoms with van der Waals surface area (Å²) in [7, 11) is 0. The van der Waals surface area contributed by atoms with Crippen LogP contribution in [0.4, 0.5) is 5.69 Å². The highest BCUT2D eigenvalue weighted by atomic mass is 127. The third kappa shape index (κ3) is 4.15. The zero-order valence-electron chi connectivity index (χ0n) is 12.9. The molecule has 0 aliphatic carbocycles. The average molecular weight is 450 g/mol. The van der Waals surface area contributed by atoms with Gasteiger partial charge in [-0.05, 0) is 65.4 Å². The number of anilines is 1. The molecule has 0 radical (unpaired) electrons. The van der Waals surface area contributed by atoms with E-state index in [1.165, 1.54) is 11.8 Å². The van der Waals surface area contributed by atoms with E-state index in [2.05, 4.69) is 38.1 Å². The summed E-state index contributed by atoms with van der Waals surface area (Å²) in [6.07, 6.45) is 1.65. The highest BCUT2D eigenvalue weighted by Crippen LogP contribution is 2.21. The predicted octanol–water partition coefficient (Wildman–Crippen LogP) is 3.91. The molecule has 7 heteroatoms. The molecule has 3 aromatic rings. The number of halogens is 1. The molecule has 0 unspecified atom stereocenters. The molecule has 122 valence electrons. The number of benzene rings is 2. The van der Waals surface area contributed by atoms with Crippen LogP contribution in [0.3, 0.4) is 0 Å². The monoisotopic (exact) mass is 450 g/mol. The Balaban J connectivity index is 1.64. The first kappa shape index (κ1) is 17.0. The van der Waals surface area contributed by atoms with Crippen LogP contribution in [0.15, 0.2) is 60.0 Å². The summed E-state index contributed by atoms with van der Waals surface area (Å²) in [5.74, 6) is 0.212. The van der Waals surface area contributed by atoms with Crippen molar-refractivity contribution in [3.8, 4) is 5.69 Å². The molecule has 3 rings (SSSR count). The van der Waals surface area contributed by atoms with Gasteiger partial charge in [-0.25, -0.2) is 0 Å². The van der Waals surface area contributed by atoms with Crippen LogP contribution >= 0.6 is 34.4 Å². The molecule has 1 aromatic heterocycles. The van der Waals surface area contributed by atoms with E-state index in [-0.39, 0.29) is 11.7 Å². The lowest BCUT2D eigenvalue weighted by Gasteiger charge is -2.09. The molecule has 24 heavy (non-hydrogen) atoms. The van der Waals surface area contributed by atoms with Gasteiger partial charge in [-0.1, -0.05) is 30.0 Å². The number of hydrogen-bond donors (Lipinski definition) is 1. The second-order valence-corrected chi connectivity index (χ2v) is 7.30. The SMILES string of the molecule is Cc1cc(I)ccc1NC(=O)CSc1nncn1-c1ccccc1. The van der Waals surface area contributed by atoms with Gasteiger partial charge in [0.1, 0.15) is 6.33 Å². The van der Waals surface area contributed by atoms with E-state index >= 15 is 0 Å². The minimum absolute atomic E-state index is 0.0630. The van der Waals surface area contributed by atoms with E-state index in [1.807, 2.05) is 60.0 Å². The molecule has 0 bridgehead atoms. The average Bonchev–Trinajstić information content (AvgIpc) is 3.05. The van der Waals surface area contributed by atoms with Crippen LogP contribution in [0.25, 0.3) is 5.69 Å². The highest BCUT2D eigenvalue weighted by molar-refractivity contribution is 14.1. The van der Waals surface area contributed by atoms with Crippen molar-refractivity contribution in [3.05, 3.63) is 64.0 Å². The molecule has 1 amide bonds. The Labute approximate surface area is 158 Å². The van der Waals surface area contributed by atoms with Crippen molar-refractivity contribution in [1.29, 1.82) is 0 Å². The van der Waals surface area contributed by atoms with E-state index in [1.54, 1.807) is 6.33 Å². The fraction of sp³-hybridized carbons (Fsp3) is 0.118. The van der Waals surface area contributed by atoms with Crippen molar-refractivity contribution in [2.24, 2.45) is 0 Å². The Kier molecular flexibility index (Phi) is 5.52. The van der Waals surface area contributed by atoms with E-state index in [0.29, 0.717) is 5.16 Å². The number of rotatable bonds is 5. The van der Waals surface area contributed by atoms with Gasteiger partial charge in [-0.3, -0.25) is 9.36 Å². The Morgan fingerprint density at radius 3 is 2.79 bits per heavy atom. The quantitative estimate of drug-likeness (QED) is 0.473. The third-order valence-electron chi connectivity index (χ3n) is 3.35. The van der Waals surface area contributed by atoms with Crippen molar-refractivity contribution in [2.75, 3.05) is 11.1 Å². The second kappa shape index (κ2) is 7.80. The molecular formula is C17H15IN4OS.